The van der Waals surface area contributed by atoms with Crippen molar-refractivity contribution in [2.75, 3.05) is 18.5 Å². The maximum atomic E-state index is 14.2. The molecule has 41 heavy (non-hydrogen) atoms. The van der Waals surface area contributed by atoms with Crippen LogP contribution in [0.5, 0.6) is 0 Å². The monoisotopic (exact) mass is 586 g/mol. The van der Waals surface area contributed by atoms with Gasteiger partial charge in [-0.2, -0.15) is 4.98 Å². The summed E-state index contributed by atoms with van der Waals surface area (Å²) in [6, 6.07) is 1.28. The molecular formula is C29H48F2N4O6. The summed E-state index contributed by atoms with van der Waals surface area (Å²) in [4.78, 5) is 40.1. The predicted molar refractivity (Wildman–Crippen MR) is 154 cm³/mol. The van der Waals surface area contributed by atoms with Crippen molar-refractivity contribution in [3.63, 3.8) is 0 Å². The molecule has 10 nitrogen and oxygen atoms in total. The largest absolute Gasteiger partial charge is 0.394 e. The summed E-state index contributed by atoms with van der Waals surface area (Å²) in [6.45, 7) is 1.37. The molecule has 4 unspecified atom stereocenters. The minimum absolute atomic E-state index is 0. The summed E-state index contributed by atoms with van der Waals surface area (Å²) in [5, 5.41) is 23.8. The van der Waals surface area contributed by atoms with Crippen molar-refractivity contribution in [1.82, 2.24) is 14.9 Å². The molecule has 2 heterocycles. The van der Waals surface area contributed by atoms with E-state index in [2.05, 4.69) is 34.7 Å². The zero-order chi connectivity index (χ0) is 29.2. The number of hydrogen-bond acceptors (Lipinski definition) is 7. The van der Waals surface area contributed by atoms with E-state index in [0.29, 0.717) is 6.42 Å². The zero-order valence-electron chi connectivity index (χ0n) is 24.1. The number of ether oxygens (including phenoxy) is 1. The van der Waals surface area contributed by atoms with Crippen molar-refractivity contribution in [3.05, 3.63) is 34.9 Å². The van der Waals surface area contributed by atoms with Crippen molar-refractivity contribution >= 4 is 17.6 Å². The number of aliphatic hydroxyl groups is 2. The third-order valence-electron chi connectivity index (χ3n) is 6.96. The molecule has 0 saturated carbocycles. The van der Waals surface area contributed by atoms with Gasteiger partial charge in [0.25, 0.3) is 0 Å². The fraction of sp³-hybridized carbons (Fsp3) is 0.724. The number of nitrogens with one attached hydrogen (secondary N) is 2. The number of halogens is 2. The second-order valence-corrected chi connectivity index (χ2v) is 10.3. The Morgan fingerprint density at radius 2 is 1.63 bits per heavy atom. The molecule has 0 aromatic carbocycles. The Kier molecular flexibility index (Phi) is 18.7. The van der Waals surface area contributed by atoms with E-state index < -0.39 is 42.8 Å². The number of carbonyl (C=O) groups is 2. The lowest BCUT2D eigenvalue weighted by Gasteiger charge is -2.16. The summed E-state index contributed by atoms with van der Waals surface area (Å²) in [5.74, 6) is -0.843. The SMILES string of the molecule is CCCCCCCC/C=C/CCCCCCCC(=O)NCC(=O)Nc1ccn(C2OC(CO)C(O)C2F)c(=O)n1.F. The van der Waals surface area contributed by atoms with Crippen molar-refractivity contribution in [1.29, 1.82) is 0 Å². The minimum Gasteiger partial charge on any atom is -0.394 e. The van der Waals surface area contributed by atoms with Crippen LogP contribution in [-0.2, 0) is 14.3 Å². The first-order chi connectivity index (χ1) is 19.4. The van der Waals surface area contributed by atoms with Gasteiger partial charge in [0.2, 0.25) is 11.8 Å². The minimum atomic E-state index is -1.92. The number of alkyl halides is 1. The van der Waals surface area contributed by atoms with Gasteiger partial charge in [-0.3, -0.25) is 18.9 Å². The third kappa shape index (κ3) is 13.7. The molecular weight excluding hydrogens is 538 g/mol. The van der Waals surface area contributed by atoms with Crippen LogP contribution in [-0.4, -0.2) is 63.1 Å². The second kappa shape index (κ2) is 21.1. The lowest BCUT2D eigenvalue weighted by atomic mass is 10.1. The standard InChI is InChI=1S/C29H47FN4O6.FH/c1-2-3-4-5-6-7-8-9-10-11-12-13-14-15-16-17-24(36)31-20-25(37)32-23-18-19-34(29(39)33-23)28-26(30)27(38)22(21-35)40-28;/h9-10,18-19,22,26-28,35,38H,2-8,11-17,20-21H2,1H3,(H,31,36)(H,32,33,37,39);1H/b10-9+;. The average Bonchev–Trinajstić information content (AvgIpc) is 3.22. The number of anilines is 1. The fourth-order valence-electron chi connectivity index (χ4n) is 4.56. The summed E-state index contributed by atoms with van der Waals surface area (Å²) < 4.78 is 20.3. The summed E-state index contributed by atoms with van der Waals surface area (Å²) in [6.07, 6.45) is 15.3. The van der Waals surface area contributed by atoms with Crippen molar-refractivity contribution in [2.24, 2.45) is 0 Å². The quantitative estimate of drug-likeness (QED) is 0.133. The first-order valence-corrected chi connectivity index (χ1v) is 14.8. The fourth-order valence-corrected chi connectivity index (χ4v) is 4.56. The Bertz CT molecular complexity index is 977. The Morgan fingerprint density at radius 3 is 2.22 bits per heavy atom. The van der Waals surface area contributed by atoms with Crippen LogP contribution in [0.2, 0.25) is 0 Å². The molecule has 0 bridgehead atoms. The van der Waals surface area contributed by atoms with E-state index in [-0.39, 0.29) is 23.0 Å². The highest BCUT2D eigenvalue weighted by Gasteiger charge is 2.45. The van der Waals surface area contributed by atoms with Crippen molar-refractivity contribution < 1.29 is 33.6 Å². The van der Waals surface area contributed by atoms with Crippen molar-refractivity contribution in [2.45, 2.75) is 121 Å². The first-order valence-electron chi connectivity index (χ1n) is 14.8. The lowest BCUT2D eigenvalue weighted by Crippen LogP contribution is -2.35. The van der Waals surface area contributed by atoms with E-state index in [9.17, 15) is 23.9 Å². The number of amides is 2. The van der Waals surface area contributed by atoms with E-state index in [1.165, 1.54) is 57.2 Å². The maximum Gasteiger partial charge on any atom is 0.351 e. The van der Waals surface area contributed by atoms with Gasteiger partial charge in [0.05, 0.1) is 13.2 Å². The van der Waals surface area contributed by atoms with Crippen LogP contribution >= 0.6 is 0 Å². The van der Waals surface area contributed by atoms with Crippen LogP contribution in [0.25, 0.3) is 0 Å². The molecule has 1 fully saturated rings. The summed E-state index contributed by atoms with van der Waals surface area (Å²) in [5.41, 5.74) is -0.899. The van der Waals surface area contributed by atoms with Crippen LogP contribution in [0.3, 0.4) is 0 Å². The molecule has 4 atom stereocenters. The second-order valence-electron chi connectivity index (χ2n) is 10.3. The molecule has 0 aliphatic carbocycles. The van der Waals surface area contributed by atoms with E-state index >= 15 is 0 Å². The third-order valence-corrected chi connectivity index (χ3v) is 6.96. The number of allylic oxidation sites excluding steroid dienone is 2. The highest BCUT2D eigenvalue weighted by molar-refractivity contribution is 5.93. The molecule has 1 aliphatic rings. The van der Waals surface area contributed by atoms with E-state index in [1.54, 1.807) is 0 Å². The highest BCUT2D eigenvalue weighted by Crippen LogP contribution is 2.30. The topological polar surface area (TPSA) is 143 Å². The van der Waals surface area contributed by atoms with Gasteiger partial charge in [0.15, 0.2) is 12.4 Å². The Labute approximate surface area is 241 Å². The number of hydrogen-bond donors (Lipinski definition) is 4. The van der Waals surface area contributed by atoms with E-state index in [0.717, 1.165) is 43.1 Å². The van der Waals surface area contributed by atoms with Gasteiger partial charge in [-0.05, 0) is 38.2 Å². The molecule has 12 heteroatoms. The van der Waals surface area contributed by atoms with Gasteiger partial charge in [0.1, 0.15) is 18.0 Å². The van der Waals surface area contributed by atoms with Gasteiger partial charge < -0.3 is 25.6 Å². The molecule has 0 radical (unpaired) electrons. The molecule has 234 valence electrons. The van der Waals surface area contributed by atoms with Crippen molar-refractivity contribution in [3.8, 4) is 0 Å². The van der Waals surface area contributed by atoms with E-state index in [1.807, 2.05) is 0 Å². The van der Waals surface area contributed by atoms with Gasteiger partial charge in [-0.1, -0.05) is 70.4 Å². The lowest BCUT2D eigenvalue weighted by molar-refractivity contribution is -0.124. The molecule has 1 aliphatic heterocycles. The van der Waals surface area contributed by atoms with Gasteiger partial charge in [-0.25, -0.2) is 9.18 Å². The summed E-state index contributed by atoms with van der Waals surface area (Å²) >= 11 is 0. The normalized spacial score (nSPS) is 20.2. The first kappa shape index (κ1) is 36.3. The number of carbonyl (C=O) groups excluding carboxylic acids is 2. The van der Waals surface area contributed by atoms with Gasteiger partial charge >= 0.3 is 5.69 Å². The smallest absolute Gasteiger partial charge is 0.351 e. The van der Waals surface area contributed by atoms with Crippen LogP contribution in [0, 0.1) is 0 Å². The Balaban J connectivity index is 0.00000840. The van der Waals surface area contributed by atoms with Gasteiger partial charge in [0, 0.05) is 12.6 Å². The molecule has 1 aromatic rings. The molecule has 0 spiro atoms. The van der Waals surface area contributed by atoms with Crippen LogP contribution < -0.4 is 16.3 Å². The number of aromatic nitrogens is 2. The summed E-state index contributed by atoms with van der Waals surface area (Å²) in [7, 11) is 0. The molecule has 4 N–H and O–H groups in total. The van der Waals surface area contributed by atoms with Gasteiger partial charge in [-0.15, -0.1) is 0 Å². The number of rotatable bonds is 20. The maximum absolute atomic E-state index is 14.2. The number of nitrogens with zero attached hydrogens (tertiary/aromatic N) is 2. The number of unbranched alkanes of at least 4 members (excludes halogenated alkanes) is 11. The molecule has 2 rings (SSSR count). The predicted octanol–water partition coefficient (Wildman–Crippen LogP) is 4.08. The highest BCUT2D eigenvalue weighted by atomic mass is 19.1. The van der Waals surface area contributed by atoms with Crippen LogP contribution in [0.15, 0.2) is 29.2 Å². The van der Waals surface area contributed by atoms with Crippen LogP contribution in [0.1, 0.15) is 103 Å². The Morgan fingerprint density at radius 1 is 1.02 bits per heavy atom. The molecule has 1 saturated heterocycles. The number of aliphatic hydroxyl groups excluding tert-OH is 2. The molecule has 2 amide bonds. The molecule has 1 aromatic heterocycles. The van der Waals surface area contributed by atoms with E-state index in [4.69, 9.17) is 9.84 Å². The Hall–Kier alpha value is -2.70. The average molecular weight is 587 g/mol. The zero-order valence-corrected chi connectivity index (χ0v) is 24.1. The van der Waals surface area contributed by atoms with Crippen LogP contribution in [0.4, 0.5) is 14.9 Å².